The Labute approximate surface area is 96.7 Å². The number of benzene rings is 1. The number of hydrogen-bond acceptors (Lipinski definition) is 2. The number of aliphatic hydroxyl groups is 1. The van der Waals surface area contributed by atoms with Gasteiger partial charge in [-0.3, -0.25) is 0 Å². The molecule has 1 aromatic rings. The Bertz CT molecular complexity index is 342. The fourth-order valence-electron chi connectivity index (χ4n) is 1.92. The Hall–Kier alpha value is -1.09. The highest BCUT2D eigenvalue weighted by atomic mass is 19.1. The second-order valence-corrected chi connectivity index (χ2v) is 4.46. The van der Waals surface area contributed by atoms with Gasteiger partial charge in [-0.15, -0.1) is 0 Å². The zero-order chi connectivity index (χ0) is 10.9. The van der Waals surface area contributed by atoms with E-state index in [0.29, 0.717) is 0 Å². The van der Waals surface area contributed by atoms with Crippen LogP contribution in [0.5, 0.6) is 0 Å². The van der Waals surface area contributed by atoms with Crippen molar-refractivity contribution in [2.24, 2.45) is 0 Å². The Balaban J connectivity index is 0.00000128. The smallest absolute Gasteiger partial charge is 0.125 e. The van der Waals surface area contributed by atoms with Crippen LogP contribution in [-0.4, -0.2) is 23.8 Å². The molecule has 1 fully saturated rings. The minimum Gasteiger partial charge on any atom is -0.390 e. The lowest BCUT2D eigenvalue weighted by Crippen LogP contribution is -2.42. The summed E-state index contributed by atoms with van der Waals surface area (Å²) in [4.78, 5) is 2.11. The van der Waals surface area contributed by atoms with E-state index in [1.165, 1.54) is 6.07 Å². The second-order valence-electron chi connectivity index (χ2n) is 4.46. The van der Waals surface area contributed by atoms with Crippen LogP contribution in [0.15, 0.2) is 24.3 Å². The van der Waals surface area contributed by atoms with E-state index in [2.05, 4.69) is 4.90 Å². The lowest BCUT2D eigenvalue weighted by molar-refractivity contribution is 0.0351. The minimum absolute atomic E-state index is 0. The first kappa shape index (κ1) is 13.0. The Kier molecular flexibility index (Phi) is 3.92. The van der Waals surface area contributed by atoms with Crippen LogP contribution in [0.4, 0.5) is 10.1 Å². The summed E-state index contributed by atoms with van der Waals surface area (Å²) >= 11 is 0. The van der Waals surface area contributed by atoms with Gasteiger partial charge in [0.2, 0.25) is 0 Å². The van der Waals surface area contributed by atoms with Gasteiger partial charge < -0.3 is 10.0 Å². The third kappa shape index (κ3) is 2.95. The second kappa shape index (κ2) is 4.83. The highest BCUT2D eigenvalue weighted by Gasteiger charge is 2.27. The first-order valence-corrected chi connectivity index (χ1v) is 5.30. The molecule has 16 heavy (non-hydrogen) atoms. The van der Waals surface area contributed by atoms with Crippen molar-refractivity contribution in [1.82, 2.24) is 0 Å². The van der Waals surface area contributed by atoms with E-state index in [1.54, 1.807) is 12.1 Å². The van der Waals surface area contributed by atoms with Crippen LogP contribution in [0.3, 0.4) is 0 Å². The van der Waals surface area contributed by atoms with Gasteiger partial charge in [0.25, 0.3) is 0 Å². The SMILES string of the molecule is C.CC1(O)CCN(c2cccc(F)c2)CC1. The monoisotopic (exact) mass is 225 g/mol. The van der Waals surface area contributed by atoms with Crippen LogP contribution in [0.2, 0.25) is 0 Å². The van der Waals surface area contributed by atoms with Crippen LogP contribution in [0.25, 0.3) is 0 Å². The lowest BCUT2D eigenvalue weighted by atomic mass is 9.93. The molecule has 0 amide bonds. The van der Waals surface area contributed by atoms with E-state index >= 15 is 0 Å². The fraction of sp³-hybridized carbons (Fsp3) is 0.538. The molecule has 1 heterocycles. The summed E-state index contributed by atoms with van der Waals surface area (Å²) in [6.07, 6.45) is 1.48. The third-order valence-electron chi connectivity index (χ3n) is 3.01. The van der Waals surface area contributed by atoms with Crippen molar-refractivity contribution >= 4 is 5.69 Å². The van der Waals surface area contributed by atoms with Gasteiger partial charge in [0.15, 0.2) is 0 Å². The van der Waals surface area contributed by atoms with Crippen LogP contribution < -0.4 is 4.90 Å². The van der Waals surface area contributed by atoms with Gasteiger partial charge in [-0.1, -0.05) is 13.5 Å². The largest absolute Gasteiger partial charge is 0.390 e. The predicted octanol–water partition coefficient (Wildman–Crippen LogP) is 2.81. The molecular weight excluding hydrogens is 205 g/mol. The highest BCUT2D eigenvalue weighted by molar-refractivity contribution is 5.46. The van der Waals surface area contributed by atoms with E-state index < -0.39 is 5.60 Å². The molecule has 0 spiro atoms. The molecule has 1 N–H and O–H groups in total. The van der Waals surface area contributed by atoms with Crippen molar-refractivity contribution in [3.63, 3.8) is 0 Å². The average molecular weight is 225 g/mol. The maximum absolute atomic E-state index is 13.0. The molecule has 0 saturated carbocycles. The molecule has 0 aromatic heterocycles. The predicted molar refractivity (Wildman–Crippen MR) is 65.2 cm³/mol. The van der Waals surface area contributed by atoms with Crippen LogP contribution >= 0.6 is 0 Å². The van der Waals surface area contributed by atoms with Gasteiger partial charge in [0.05, 0.1) is 5.60 Å². The van der Waals surface area contributed by atoms with E-state index in [4.69, 9.17) is 0 Å². The van der Waals surface area contributed by atoms with Gasteiger partial charge in [0, 0.05) is 18.8 Å². The van der Waals surface area contributed by atoms with Crippen molar-refractivity contribution in [2.45, 2.75) is 32.8 Å². The van der Waals surface area contributed by atoms with Crippen LogP contribution in [-0.2, 0) is 0 Å². The molecule has 1 aromatic carbocycles. The van der Waals surface area contributed by atoms with Gasteiger partial charge in [-0.2, -0.15) is 0 Å². The third-order valence-corrected chi connectivity index (χ3v) is 3.01. The van der Waals surface area contributed by atoms with E-state index in [-0.39, 0.29) is 13.2 Å². The summed E-state index contributed by atoms with van der Waals surface area (Å²) in [5.41, 5.74) is 0.356. The normalized spacial score (nSPS) is 19.1. The quantitative estimate of drug-likeness (QED) is 0.794. The first-order chi connectivity index (χ1) is 7.07. The van der Waals surface area contributed by atoms with Gasteiger partial charge in [-0.25, -0.2) is 4.39 Å². The van der Waals surface area contributed by atoms with Crippen molar-refractivity contribution < 1.29 is 9.50 Å². The summed E-state index contributed by atoms with van der Waals surface area (Å²) in [6, 6.07) is 6.62. The number of anilines is 1. The van der Waals surface area contributed by atoms with Gasteiger partial charge >= 0.3 is 0 Å². The maximum atomic E-state index is 13.0. The van der Waals surface area contributed by atoms with Crippen molar-refractivity contribution in [3.8, 4) is 0 Å². The van der Waals surface area contributed by atoms with Crippen molar-refractivity contribution in [1.29, 1.82) is 0 Å². The minimum atomic E-state index is -0.552. The Morgan fingerprint density at radius 3 is 2.50 bits per heavy atom. The molecule has 0 aliphatic carbocycles. The molecule has 0 unspecified atom stereocenters. The number of rotatable bonds is 1. The molecule has 1 saturated heterocycles. The molecule has 0 bridgehead atoms. The molecule has 2 nitrogen and oxygen atoms in total. The van der Waals surface area contributed by atoms with E-state index in [0.717, 1.165) is 31.6 Å². The Morgan fingerprint density at radius 2 is 1.94 bits per heavy atom. The molecule has 1 aliphatic heterocycles. The highest BCUT2D eigenvalue weighted by Crippen LogP contribution is 2.25. The fourth-order valence-corrected chi connectivity index (χ4v) is 1.92. The number of piperidine rings is 1. The van der Waals surface area contributed by atoms with E-state index in [9.17, 15) is 9.50 Å². The first-order valence-electron chi connectivity index (χ1n) is 5.30. The molecule has 90 valence electrons. The maximum Gasteiger partial charge on any atom is 0.125 e. The molecule has 0 atom stereocenters. The summed E-state index contributed by atoms with van der Waals surface area (Å²) < 4.78 is 13.0. The zero-order valence-corrected chi connectivity index (χ0v) is 8.91. The van der Waals surface area contributed by atoms with Gasteiger partial charge in [-0.05, 0) is 38.0 Å². The molecular formula is C13H20FNO. The molecule has 1 aliphatic rings. The van der Waals surface area contributed by atoms with Crippen LogP contribution in [0, 0.1) is 5.82 Å². The van der Waals surface area contributed by atoms with Crippen molar-refractivity contribution in [3.05, 3.63) is 30.1 Å². The topological polar surface area (TPSA) is 23.5 Å². The van der Waals surface area contributed by atoms with E-state index in [1.807, 2.05) is 13.0 Å². The van der Waals surface area contributed by atoms with Crippen LogP contribution in [0.1, 0.15) is 27.2 Å². The molecule has 0 radical (unpaired) electrons. The molecule has 3 heteroatoms. The number of hydrogen-bond donors (Lipinski definition) is 1. The summed E-state index contributed by atoms with van der Waals surface area (Å²) in [5, 5.41) is 9.79. The summed E-state index contributed by atoms with van der Waals surface area (Å²) in [5.74, 6) is -0.204. The number of halogens is 1. The lowest BCUT2D eigenvalue weighted by Gasteiger charge is -2.37. The van der Waals surface area contributed by atoms with Gasteiger partial charge in [0.1, 0.15) is 5.82 Å². The summed E-state index contributed by atoms with van der Waals surface area (Å²) in [6.45, 7) is 3.43. The van der Waals surface area contributed by atoms with Crippen molar-refractivity contribution in [2.75, 3.05) is 18.0 Å². The average Bonchev–Trinajstić information content (AvgIpc) is 2.17. The molecule has 2 rings (SSSR count). The standard InChI is InChI=1S/C12H16FNO.CH4/c1-12(15)5-7-14(8-6-12)11-4-2-3-10(13)9-11;/h2-4,9,15H,5-8H2,1H3;1H4. The number of nitrogens with zero attached hydrogens (tertiary/aromatic N) is 1. The zero-order valence-electron chi connectivity index (χ0n) is 8.91. The summed E-state index contributed by atoms with van der Waals surface area (Å²) in [7, 11) is 0. The Morgan fingerprint density at radius 1 is 1.31 bits per heavy atom.